The summed E-state index contributed by atoms with van der Waals surface area (Å²) in [5, 5.41) is 2.79. The first-order valence-electron chi connectivity index (χ1n) is 7.05. The van der Waals surface area contributed by atoms with Crippen molar-refractivity contribution in [2.45, 2.75) is 48.2 Å². The Morgan fingerprint density at radius 3 is 2.57 bits per heavy atom. The molecular formula is C14H17F4NO3S. The van der Waals surface area contributed by atoms with Gasteiger partial charge in [-0.05, 0) is 43.9 Å². The second-order valence-electron chi connectivity index (χ2n) is 5.46. The van der Waals surface area contributed by atoms with Gasteiger partial charge in [0.2, 0.25) is 0 Å². The summed E-state index contributed by atoms with van der Waals surface area (Å²) >= 11 is 0. The van der Waals surface area contributed by atoms with Gasteiger partial charge in [-0.15, -0.1) is 0 Å². The quantitative estimate of drug-likeness (QED) is 0.840. The average Bonchev–Trinajstić information content (AvgIpc) is 2.48. The van der Waals surface area contributed by atoms with Crippen molar-refractivity contribution in [3.05, 3.63) is 24.0 Å². The normalized spacial score (nSPS) is 22.8. The maximum atomic E-state index is 13.3. The average molecular weight is 355 g/mol. The van der Waals surface area contributed by atoms with E-state index in [1.165, 1.54) is 0 Å². The summed E-state index contributed by atoms with van der Waals surface area (Å²) < 4.78 is 80.1. The predicted octanol–water partition coefficient (Wildman–Crippen LogP) is 3.49. The highest BCUT2D eigenvalue weighted by Gasteiger charge is 2.48. The van der Waals surface area contributed by atoms with Crippen molar-refractivity contribution in [3.8, 4) is 0 Å². The van der Waals surface area contributed by atoms with Crippen LogP contribution in [0.15, 0.2) is 23.1 Å². The van der Waals surface area contributed by atoms with Crippen LogP contribution >= 0.6 is 0 Å². The highest BCUT2D eigenvalue weighted by atomic mass is 32.2. The first kappa shape index (κ1) is 18.0. The van der Waals surface area contributed by atoms with Crippen LogP contribution in [0.2, 0.25) is 0 Å². The molecule has 9 heteroatoms. The Hall–Kier alpha value is -1.35. The van der Waals surface area contributed by atoms with E-state index in [0.717, 1.165) is 25.0 Å². The van der Waals surface area contributed by atoms with Gasteiger partial charge in [0.05, 0.1) is 11.8 Å². The van der Waals surface area contributed by atoms with Crippen LogP contribution in [0, 0.1) is 5.82 Å². The molecule has 4 nitrogen and oxygen atoms in total. The Labute approximate surface area is 131 Å². The van der Waals surface area contributed by atoms with Crippen molar-refractivity contribution in [2.24, 2.45) is 0 Å². The molecule has 23 heavy (non-hydrogen) atoms. The first-order valence-corrected chi connectivity index (χ1v) is 8.53. The fourth-order valence-electron chi connectivity index (χ4n) is 2.67. The Morgan fingerprint density at radius 1 is 1.26 bits per heavy atom. The number of hydrogen-bond acceptors (Lipinski definition) is 4. The molecule has 130 valence electrons. The van der Waals surface area contributed by atoms with Crippen LogP contribution in [0.1, 0.15) is 25.7 Å². The van der Waals surface area contributed by atoms with E-state index in [4.69, 9.17) is 4.74 Å². The Balaban J connectivity index is 2.33. The lowest BCUT2D eigenvalue weighted by atomic mass is 9.92. The number of halogens is 4. The molecule has 0 radical (unpaired) electrons. The second-order valence-corrected chi connectivity index (χ2v) is 7.36. The molecule has 1 aromatic carbocycles. The summed E-state index contributed by atoms with van der Waals surface area (Å²) in [5.41, 5.74) is -5.73. The number of sulfone groups is 1. The van der Waals surface area contributed by atoms with E-state index in [9.17, 15) is 26.0 Å². The third-order valence-corrected chi connectivity index (χ3v) is 5.38. The zero-order valence-corrected chi connectivity index (χ0v) is 13.2. The fraction of sp³-hybridized carbons (Fsp3) is 0.571. The topological polar surface area (TPSA) is 55.4 Å². The highest BCUT2D eigenvalue weighted by molar-refractivity contribution is 7.92. The molecule has 0 aromatic heterocycles. The lowest BCUT2D eigenvalue weighted by Crippen LogP contribution is -2.32. The van der Waals surface area contributed by atoms with Gasteiger partial charge in [-0.25, -0.2) is 12.8 Å². The van der Waals surface area contributed by atoms with Crippen molar-refractivity contribution in [2.75, 3.05) is 12.4 Å². The van der Waals surface area contributed by atoms with Gasteiger partial charge in [-0.2, -0.15) is 13.2 Å². The SMILES string of the molecule is COC1CCCC(Nc2ccc(F)cc2S(=O)(=O)C(F)(F)F)C1. The smallest absolute Gasteiger partial charge is 0.381 e. The van der Waals surface area contributed by atoms with Gasteiger partial charge in [0, 0.05) is 13.2 Å². The Kier molecular flexibility index (Phi) is 5.20. The van der Waals surface area contributed by atoms with E-state index >= 15 is 0 Å². The highest BCUT2D eigenvalue weighted by Crippen LogP contribution is 2.36. The van der Waals surface area contributed by atoms with E-state index in [0.29, 0.717) is 18.9 Å². The molecule has 0 heterocycles. The van der Waals surface area contributed by atoms with Crippen LogP contribution in [0.5, 0.6) is 0 Å². The number of hydrogen-bond donors (Lipinski definition) is 1. The summed E-state index contributed by atoms with van der Waals surface area (Å²) in [4.78, 5) is -1.09. The monoisotopic (exact) mass is 355 g/mol. The first-order chi connectivity index (χ1) is 10.6. The van der Waals surface area contributed by atoms with Crippen molar-refractivity contribution in [3.63, 3.8) is 0 Å². The molecule has 1 aliphatic carbocycles. The van der Waals surface area contributed by atoms with Gasteiger partial charge in [-0.1, -0.05) is 0 Å². The van der Waals surface area contributed by atoms with Gasteiger partial charge in [0.25, 0.3) is 9.84 Å². The number of benzene rings is 1. The Morgan fingerprint density at radius 2 is 1.96 bits per heavy atom. The van der Waals surface area contributed by atoms with Crippen molar-refractivity contribution in [1.29, 1.82) is 0 Å². The maximum Gasteiger partial charge on any atom is 0.501 e. The molecule has 2 atom stereocenters. The zero-order valence-electron chi connectivity index (χ0n) is 12.4. The summed E-state index contributed by atoms with van der Waals surface area (Å²) in [6, 6.07) is 2.10. The number of anilines is 1. The van der Waals surface area contributed by atoms with Gasteiger partial charge in [0.1, 0.15) is 10.7 Å². The van der Waals surface area contributed by atoms with Crippen LogP contribution in [0.4, 0.5) is 23.2 Å². The molecule has 1 aromatic rings. The van der Waals surface area contributed by atoms with Gasteiger partial charge >= 0.3 is 5.51 Å². The van der Waals surface area contributed by atoms with Crippen molar-refractivity contribution < 1.29 is 30.7 Å². The summed E-state index contributed by atoms with van der Waals surface area (Å²) in [7, 11) is -4.09. The van der Waals surface area contributed by atoms with E-state index in [2.05, 4.69) is 5.32 Å². The van der Waals surface area contributed by atoms with Gasteiger partial charge < -0.3 is 10.1 Å². The van der Waals surface area contributed by atoms with Crippen LogP contribution in [0.25, 0.3) is 0 Å². The van der Waals surface area contributed by atoms with Crippen LogP contribution in [0.3, 0.4) is 0 Å². The number of rotatable bonds is 4. The molecule has 0 saturated heterocycles. The van der Waals surface area contributed by atoms with Crippen LogP contribution in [-0.2, 0) is 14.6 Å². The minimum atomic E-state index is -5.63. The van der Waals surface area contributed by atoms with Crippen LogP contribution < -0.4 is 5.32 Å². The third kappa shape index (κ3) is 3.95. The molecule has 1 N–H and O–H groups in total. The molecule has 1 aliphatic rings. The molecule has 0 amide bonds. The number of methoxy groups -OCH3 is 1. The van der Waals surface area contributed by atoms with E-state index < -0.39 is 26.1 Å². The second kappa shape index (κ2) is 6.64. The van der Waals surface area contributed by atoms with Gasteiger partial charge in [0.15, 0.2) is 0 Å². The lowest BCUT2D eigenvalue weighted by Gasteiger charge is -2.30. The maximum absolute atomic E-state index is 13.3. The predicted molar refractivity (Wildman–Crippen MR) is 76.3 cm³/mol. The molecule has 2 unspecified atom stereocenters. The van der Waals surface area contributed by atoms with Crippen LogP contribution in [-0.4, -0.2) is 33.2 Å². The number of alkyl halides is 3. The zero-order chi connectivity index (χ0) is 17.3. The summed E-state index contributed by atoms with van der Waals surface area (Å²) in [5.74, 6) is -1.04. The molecule has 0 spiro atoms. The largest absolute Gasteiger partial charge is 0.501 e. The third-order valence-electron chi connectivity index (χ3n) is 3.86. The number of ether oxygens (including phenoxy) is 1. The molecule has 0 bridgehead atoms. The number of nitrogens with one attached hydrogen (secondary N) is 1. The van der Waals surface area contributed by atoms with Crippen molar-refractivity contribution in [1.82, 2.24) is 0 Å². The summed E-state index contributed by atoms with van der Waals surface area (Å²) in [6.45, 7) is 0. The van der Waals surface area contributed by atoms with Gasteiger partial charge in [-0.3, -0.25) is 0 Å². The molecule has 1 saturated carbocycles. The lowest BCUT2D eigenvalue weighted by molar-refractivity contribution is -0.0435. The standard InChI is InChI=1S/C14H17F4NO3S/c1-22-11-4-2-3-10(8-11)19-12-6-5-9(15)7-13(12)23(20,21)14(16,17)18/h5-7,10-11,19H,2-4,8H2,1H3. The minimum Gasteiger partial charge on any atom is -0.381 e. The van der Waals surface area contributed by atoms with E-state index in [1.807, 2.05) is 0 Å². The molecule has 2 rings (SSSR count). The molecule has 0 aliphatic heterocycles. The fourth-order valence-corrected chi connectivity index (χ4v) is 3.61. The Bertz CT molecular complexity index is 660. The molecule has 1 fully saturated rings. The minimum absolute atomic E-state index is 0.0376. The van der Waals surface area contributed by atoms with E-state index in [1.54, 1.807) is 7.11 Å². The van der Waals surface area contributed by atoms with Crippen molar-refractivity contribution >= 4 is 15.5 Å². The summed E-state index contributed by atoms with van der Waals surface area (Å²) in [6.07, 6.45) is 2.82. The molecular weight excluding hydrogens is 338 g/mol. The van der Waals surface area contributed by atoms with E-state index in [-0.39, 0.29) is 17.8 Å².